The molecule has 0 saturated heterocycles. The van der Waals surface area contributed by atoms with Gasteiger partial charge in [0.25, 0.3) is 0 Å². The van der Waals surface area contributed by atoms with Crippen molar-refractivity contribution in [2.45, 2.75) is 45.1 Å². The molecule has 21 heavy (non-hydrogen) atoms. The highest BCUT2D eigenvalue weighted by Crippen LogP contribution is 2.32. The van der Waals surface area contributed by atoms with Crippen molar-refractivity contribution in [3.63, 3.8) is 0 Å². The lowest BCUT2D eigenvalue weighted by molar-refractivity contribution is 0.409. The molecule has 0 spiro atoms. The van der Waals surface area contributed by atoms with Gasteiger partial charge >= 0.3 is 0 Å². The van der Waals surface area contributed by atoms with Crippen molar-refractivity contribution < 1.29 is 4.42 Å². The van der Waals surface area contributed by atoms with E-state index >= 15 is 0 Å². The summed E-state index contributed by atoms with van der Waals surface area (Å²) in [5.74, 6) is 2.08. The summed E-state index contributed by atoms with van der Waals surface area (Å²) in [6.45, 7) is 2.02. The van der Waals surface area contributed by atoms with Crippen molar-refractivity contribution in [1.29, 1.82) is 0 Å². The fraction of sp³-hybridized carbons (Fsp3) is 0.533. The molecule has 112 valence electrons. The molecular weight excluding hydrogens is 288 g/mol. The largest absolute Gasteiger partial charge is 0.425 e. The average molecular weight is 307 g/mol. The summed E-state index contributed by atoms with van der Waals surface area (Å²) in [7, 11) is 0. The molecule has 2 aromatic heterocycles. The van der Waals surface area contributed by atoms with E-state index in [1.165, 1.54) is 6.42 Å². The first-order chi connectivity index (χ1) is 10.2. The molecule has 1 aliphatic carbocycles. The summed E-state index contributed by atoms with van der Waals surface area (Å²) in [4.78, 5) is 4.00. The predicted molar refractivity (Wildman–Crippen MR) is 81.4 cm³/mol. The van der Waals surface area contributed by atoms with Gasteiger partial charge in [0.1, 0.15) is 0 Å². The van der Waals surface area contributed by atoms with E-state index in [0.29, 0.717) is 17.0 Å². The van der Waals surface area contributed by atoms with E-state index in [1.54, 1.807) is 12.4 Å². The summed E-state index contributed by atoms with van der Waals surface area (Å²) >= 11 is 6.13. The first-order valence-corrected chi connectivity index (χ1v) is 7.79. The maximum atomic E-state index is 6.13. The minimum Gasteiger partial charge on any atom is -0.425 e. The summed E-state index contributed by atoms with van der Waals surface area (Å²) in [6.07, 6.45) is 8.49. The molecular formula is C15H19ClN4O. The molecule has 1 saturated carbocycles. The van der Waals surface area contributed by atoms with Crippen LogP contribution < -0.4 is 5.32 Å². The van der Waals surface area contributed by atoms with Crippen molar-refractivity contribution in [2.24, 2.45) is 5.92 Å². The molecule has 3 rings (SSSR count). The first kappa shape index (κ1) is 14.3. The molecule has 1 aliphatic rings. The summed E-state index contributed by atoms with van der Waals surface area (Å²) < 4.78 is 5.60. The number of hydrogen-bond donors (Lipinski definition) is 1. The highest BCUT2D eigenvalue weighted by Gasteiger charge is 2.26. The molecule has 2 heterocycles. The Morgan fingerprint density at radius 1 is 1.33 bits per heavy atom. The van der Waals surface area contributed by atoms with Gasteiger partial charge in [-0.15, -0.1) is 10.2 Å². The number of aromatic nitrogens is 3. The lowest BCUT2D eigenvalue weighted by Gasteiger charge is -2.15. The summed E-state index contributed by atoms with van der Waals surface area (Å²) in [6, 6.07) is 2.37. The Bertz CT molecular complexity index is 601. The molecule has 0 bridgehead atoms. The van der Waals surface area contributed by atoms with E-state index in [9.17, 15) is 0 Å². The third kappa shape index (κ3) is 3.53. The minimum absolute atomic E-state index is 0.448. The number of halogens is 1. The van der Waals surface area contributed by atoms with Gasteiger partial charge in [0, 0.05) is 31.3 Å². The van der Waals surface area contributed by atoms with Crippen molar-refractivity contribution in [1.82, 2.24) is 15.2 Å². The maximum absolute atomic E-state index is 6.13. The SMILES string of the molecule is CCc1nnc(C[C@@H]2CC[C@H](Nc3ccncc3Cl)C2)o1. The van der Waals surface area contributed by atoms with Gasteiger partial charge in [0.05, 0.1) is 10.7 Å². The molecule has 0 aromatic carbocycles. The molecule has 1 N–H and O–H groups in total. The van der Waals surface area contributed by atoms with E-state index in [-0.39, 0.29) is 0 Å². The summed E-state index contributed by atoms with van der Waals surface area (Å²) in [5.41, 5.74) is 0.961. The zero-order valence-corrected chi connectivity index (χ0v) is 12.8. The van der Waals surface area contributed by atoms with Gasteiger partial charge in [-0.25, -0.2) is 0 Å². The topological polar surface area (TPSA) is 63.8 Å². The van der Waals surface area contributed by atoms with Crippen LogP contribution in [-0.2, 0) is 12.8 Å². The van der Waals surface area contributed by atoms with Gasteiger partial charge in [-0.05, 0) is 31.2 Å². The second-order valence-electron chi connectivity index (χ2n) is 5.52. The number of aryl methyl sites for hydroxylation is 1. The van der Waals surface area contributed by atoms with Crippen LogP contribution in [0.2, 0.25) is 5.02 Å². The zero-order chi connectivity index (χ0) is 14.7. The van der Waals surface area contributed by atoms with Gasteiger partial charge in [-0.1, -0.05) is 18.5 Å². The number of anilines is 1. The van der Waals surface area contributed by atoms with Crippen LogP contribution in [0.4, 0.5) is 5.69 Å². The molecule has 2 aromatic rings. The Kier molecular flexibility index (Phi) is 4.39. The van der Waals surface area contributed by atoms with E-state index in [4.69, 9.17) is 16.0 Å². The van der Waals surface area contributed by atoms with Gasteiger partial charge in [0.15, 0.2) is 0 Å². The van der Waals surface area contributed by atoms with Crippen LogP contribution in [0.3, 0.4) is 0 Å². The number of nitrogens with zero attached hydrogens (tertiary/aromatic N) is 3. The lowest BCUT2D eigenvalue weighted by Crippen LogP contribution is -2.16. The fourth-order valence-electron chi connectivity index (χ4n) is 2.86. The zero-order valence-electron chi connectivity index (χ0n) is 12.1. The van der Waals surface area contributed by atoms with E-state index in [1.807, 2.05) is 13.0 Å². The van der Waals surface area contributed by atoms with E-state index < -0.39 is 0 Å². The molecule has 6 heteroatoms. The van der Waals surface area contributed by atoms with Crippen LogP contribution in [-0.4, -0.2) is 21.2 Å². The van der Waals surface area contributed by atoms with Gasteiger partial charge in [-0.2, -0.15) is 0 Å². The number of rotatable bonds is 5. The maximum Gasteiger partial charge on any atom is 0.216 e. The third-order valence-electron chi connectivity index (χ3n) is 3.95. The smallest absolute Gasteiger partial charge is 0.216 e. The molecule has 2 atom stereocenters. The summed E-state index contributed by atoms with van der Waals surface area (Å²) in [5, 5.41) is 12.3. The van der Waals surface area contributed by atoms with Crippen LogP contribution in [0.5, 0.6) is 0 Å². The van der Waals surface area contributed by atoms with Crippen molar-refractivity contribution in [3.05, 3.63) is 35.3 Å². The van der Waals surface area contributed by atoms with Crippen molar-refractivity contribution in [3.8, 4) is 0 Å². The fourth-order valence-corrected chi connectivity index (χ4v) is 3.04. The standard InChI is InChI=1S/C15H19ClN4O/c1-2-14-19-20-15(21-14)8-10-3-4-11(7-10)18-13-5-6-17-9-12(13)16/h5-6,9-11H,2-4,7-8H2,1H3,(H,17,18)/t10-,11+/m1/s1. The highest BCUT2D eigenvalue weighted by molar-refractivity contribution is 6.33. The van der Waals surface area contributed by atoms with Crippen molar-refractivity contribution >= 4 is 17.3 Å². The second-order valence-corrected chi connectivity index (χ2v) is 5.93. The number of hydrogen-bond acceptors (Lipinski definition) is 5. The van der Waals surface area contributed by atoms with Crippen LogP contribution in [0.25, 0.3) is 0 Å². The molecule has 1 fully saturated rings. The molecule has 5 nitrogen and oxygen atoms in total. The average Bonchev–Trinajstić information content (AvgIpc) is 3.11. The quantitative estimate of drug-likeness (QED) is 0.916. The van der Waals surface area contributed by atoms with Gasteiger partial charge < -0.3 is 9.73 Å². The second kappa shape index (κ2) is 6.43. The predicted octanol–water partition coefficient (Wildman–Crippen LogP) is 3.50. The van der Waals surface area contributed by atoms with Crippen LogP contribution in [0.15, 0.2) is 22.9 Å². The minimum atomic E-state index is 0.448. The molecule has 0 unspecified atom stereocenters. The first-order valence-electron chi connectivity index (χ1n) is 7.42. The van der Waals surface area contributed by atoms with E-state index in [0.717, 1.165) is 43.2 Å². The Labute approximate surface area is 129 Å². The Hall–Kier alpha value is -1.62. The Morgan fingerprint density at radius 3 is 2.95 bits per heavy atom. The van der Waals surface area contributed by atoms with Crippen LogP contribution in [0, 0.1) is 5.92 Å². The monoisotopic (exact) mass is 306 g/mol. The third-order valence-corrected chi connectivity index (χ3v) is 4.25. The van der Waals surface area contributed by atoms with Gasteiger partial charge in [0.2, 0.25) is 11.8 Å². The Morgan fingerprint density at radius 2 is 2.19 bits per heavy atom. The normalized spacial score (nSPS) is 21.6. The highest BCUT2D eigenvalue weighted by atomic mass is 35.5. The van der Waals surface area contributed by atoms with E-state index in [2.05, 4.69) is 20.5 Å². The molecule has 0 aliphatic heterocycles. The number of pyridine rings is 1. The molecule has 0 radical (unpaired) electrons. The molecule has 0 amide bonds. The van der Waals surface area contributed by atoms with Crippen LogP contribution >= 0.6 is 11.6 Å². The number of nitrogens with one attached hydrogen (secondary N) is 1. The van der Waals surface area contributed by atoms with Gasteiger partial charge in [-0.3, -0.25) is 4.98 Å². The Balaban J connectivity index is 1.54. The van der Waals surface area contributed by atoms with Crippen LogP contribution in [0.1, 0.15) is 38.0 Å². The lowest BCUT2D eigenvalue weighted by atomic mass is 10.0. The van der Waals surface area contributed by atoms with Crippen molar-refractivity contribution in [2.75, 3.05) is 5.32 Å².